The van der Waals surface area contributed by atoms with E-state index >= 15 is 0 Å². The Bertz CT molecular complexity index is 982. The molecule has 0 bridgehead atoms. The number of likely N-dealkylation sites (tertiary alicyclic amines) is 1. The second kappa shape index (κ2) is 12.6. The van der Waals surface area contributed by atoms with Gasteiger partial charge >= 0.3 is 17.9 Å². The zero-order valence-electron chi connectivity index (χ0n) is 19.1. The molecule has 0 aliphatic carbocycles. The van der Waals surface area contributed by atoms with Crippen LogP contribution in [0.15, 0.2) is 54.7 Å². The van der Waals surface area contributed by atoms with Gasteiger partial charge in [-0.3, -0.25) is 19.5 Å². The molecular weight excluding hydrogens is 440 g/mol. The number of nitrogens with zero attached hydrogens (tertiary/aromatic N) is 2. The number of aliphatic hydroxyl groups is 1. The third kappa shape index (κ3) is 8.42. The minimum Gasteiger partial charge on any atom is -0.481 e. The lowest BCUT2D eigenvalue weighted by Gasteiger charge is -2.18. The first kappa shape index (κ1) is 26.7. The van der Waals surface area contributed by atoms with E-state index in [1.54, 1.807) is 0 Å². The third-order valence-electron chi connectivity index (χ3n) is 5.34. The Morgan fingerprint density at radius 1 is 0.971 bits per heavy atom. The van der Waals surface area contributed by atoms with Crippen molar-refractivity contribution in [2.45, 2.75) is 38.2 Å². The van der Waals surface area contributed by atoms with Crippen molar-refractivity contribution in [2.24, 2.45) is 0 Å². The van der Waals surface area contributed by atoms with Gasteiger partial charge in [0.15, 0.2) is 5.60 Å². The first-order valence-corrected chi connectivity index (χ1v) is 10.9. The fourth-order valence-corrected chi connectivity index (χ4v) is 3.53. The topological polar surface area (TPSA) is 148 Å². The van der Waals surface area contributed by atoms with Gasteiger partial charge in [0.2, 0.25) is 0 Å². The smallest absolute Gasteiger partial charge is 0.336 e. The lowest BCUT2D eigenvalue weighted by atomic mass is 9.96. The average Bonchev–Trinajstić information content (AvgIpc) is 3.29. The van der Waals surface area contributed by atoms with Crippen molar-refractivity contribution in [3.63, 3.8) is 0 Å². The highest BCUT2D eigenvalue weighted by Gasteiger charge is 2.40. The molecule has 1 saturated heterocycles. The highest BCUT2D eigenvalue weighted by atomic mass is 16.4. The predicted molar refractivity (Wildman–Crippen MR) is 125 cm³/mol. The Morgan fingerprint density at radius 3 is 2.03 bits per heavy atom. The van der Waals surface area contributed by atoms with Gasteiger partial charge in [-0.25, -0.2) is 4.79 Å². The Hall–Kier alpha value is -3.56. The first-order chi connectivity index (χ1) is 16.1. The number of carbonyl (C=O) groups is 3. The molecule has 34 heavy (non-hydrogen) atoms. The van der Waals surface area contributed by atoms with Crippen molar-refractivity contribution in [1.29, 1.82) is 0 Å². The van der Waals surface area contributed by atoms with E-state index < -0.39 is 36.4 Å². The summed E-state index contributed by atoms with van der Waals surface area (Å²) < 4.78 is 0. The maximum absolute atomic E-state index is 10.3. The monoisotopic (exact) mass is 470 g/mol. The van der Waals surface area contributed by atoms with Gasteiger partial charge in [-0.15, -0.1) is 0 Å². The molecule has 0 amide bonds. The van der Waals surface area contributed by atoms with Gasteiger partial charge in [0.1, 0.15) is 0 Å². The molecule has 0 atom stereocenters. The lowest BCUT2D eigenvalue weighted by molar-refractivity contribution is -0.170. The quantitative estimate of drug-likeness (QED) is 0.434. The zero-order chi connectivity index (χ0) is 25.1. The van der Waals surface area contributed by atoms with E-state index in [4.69, 9.17) is 20.4 Å². The van der Waals surface area contributed by atoms with Crippen LogP contribution in [-0.2, 0) is 14.4 Å². The molecule has 3 rings (SSSR count). The number of hydrogen-bond acceptors (Lipinski definition) is 6. The Balaban J connectivity index is 0.000000273. The normalized spacial score (nSPS) is 14.2. The molecule has 2 heterocycles. The SMILES string of the molecule is Cc1ccc(C(=CCN2CCCC2)c2ccccn2)cc1.O=C(O)CC(O)(CC(=O)O)C(=O)O. The average molecular weight is 471 g/mol. The minimum absolute atomic E-state index is 1.01. The van der Waals surface area contributed by atoms with Crippen molar-refractivity contribution in [2.75, 3.05) is 19.6 Å². The number of hydrogen-bond donors (Lipinski definition) is 4. The number of rotatable bonds is 9. The molecule has 1 fully saturated rings. The molecule has 1 aromatic heterocycles. The van der Waals surface area contributed by atoms with Crippen LogP contribution < -0.4 is 0 Å². The first-order valence-electron chi connectivity index (χ1n) is 10.9. The van der Waals surface area contributed by atoms with Gasteiger partial charge in [-0.05, 0) is 50.6 Å². The van der Waals surface area contributed by atoms with E-state index in [-0.39, 0.29) is 0 Å². The molecule has 0 saturated carbocycles. The standard InChI is InChI=1S/C19H22N2.C6H8O7/c1-16-7-9-17(10-8-16)18(19-6-2-3-12-20-19)11-15-21-13-4-5-14-21;7-3(8)1-6(13,5(11)12)2-4(9)10/h2-3,6-12H,4-5,13-15H2,1H3;13H,1-2H2,(H,7,8)(H,9,10)(H,11,12). The Morgan fingerprint density at radius 2 is 1.56 bits per heavy atom. The van der Waals surface area contributed by atoms with E-state index in [9.17, 15) is 14.4 Å². The molecule has 1 aromatic carbocycles. The van der Waals surface area contributed by atoms with Crippen LogP contribution >= 0.6 is 0 Å². The predicted octanol–water partition coefficient (Wildman–Crippen LogP) is 2.67. The van der Waals surface area contributed by atoms with E-state index in [1.807, 2.05) is 12.3 Å². The summed E-state index contributed by atoms with van der Waals surface area (Å²) in [5.41, 5.74) is 2.10. The summed E-state index contributed by atoms with van der Waals surface area (Å²) >= 11 is 0. The summed E-state index contributed by atoms with van der Waals surface area (Å²) in [6.45, 7) is 5.58. The molecule has 9 heteroatoms. The number of pyridine rings is 1. The molecule has 1 aliphatic rings. The third-order valence-corrected chi connectivity index (χ3v) is 5.34. The molecule has 0 unspecified atom stereocenters. The van der Waals surface area contributed by atoms with E-state index in [0.717, 1.165) is 12.2 Å². The second-order valence-corrected chi connectivity index (χ2v) is 8.18. The van der Waals surface area contributed by atoms with Crippen LogP contribution in [0.5, 0.6) is 0 Å². The summed E-state index contributed by atoms with van der Waals surface area (Å²) in [7, 11) is 0. The minimum atomic E-state index is -2.74. The zero-order valence-corrected chi connectivity index (χ0v) is 19.1. The van der Waals surface area contributed by atoms with Crippen molar-refractivity contribution in [3.8, 4) is 0 Å². The Kier molecular flexibility index (Phi) is 9.91. The van der Waals surface area contributed by atoms with E-state index in [1.165, 1.54) is 42.6 Å². The van der Waals surface area contributed by atoms with Gasteiger partial charge in [0.05, 0.1) is 18.5 Å². The van der Waals surface area contributed by atoms with Crippen LogP contribution in [0.2, 0.25) is 0 Å². The van der Waals surface area contributed by atoms with Crippen LogP contribution in [0, 0.1) is 6.92 Å². The number of aromatic nitrogens is 1. The number of carboxylic acid groups (broad SMARTS) is 3. The van der Waals surface area contributed by atoms with Crippen molar-refractivity contribution < 1.29 is 34.8 Å². The summed E-state index contributed by atoms with van der Waals surface area (Å²) in [6, 6.07) is 14.8. The summed E-state index contributed by atoms with van der Waals surface area (Å²) in [5.74, 6) is -5.02. The van der Waals surface area contributed by atoms with Crippen LogP contribution in [-0.4, -0.2) is 73.5 Å². The molecule has 1 aliphatic heterocycles. The molecule has 2 aromatic rings. The number of carboxylic acids is 3. The number of benzene rings is 1. The summed E-state index contributed by atoms with van der Waals surface area (Å²) in [4.78, 5) is 37.5. The van der Waals surface area contributed by atoms with Crippen LogP contribution in [0.25, 0.3) is 5.57 Å². The maximum Gasteiger partial charge on any atom is 0.336 e. The van der Waals surface area contributed by atoms with Gasteiger partial charge in [0, 0.05) is 18.3 Å². The molecule has 0 radical (unpaired) electrons. The van der Waals surface area contributed by atoms with Crippen molar-refractivity contribution >= 4 is 23.5 Å². The summed E-state index contributed by atoms with van der Waals surface area (Å²) in [6.07, 6.45) is 4.57. The molecular formula is C25H30N2O7. The highest BCUT2D eigenvalue weighted by molar-refractivity contribution is 5.88. The fraction of sp³-hybridized carbons (Fsp3) is 0.360. The van der Waals surface area contributed by atoms with Crippen LogP contribution in [0.1, 0.15) is 42.5 Å². The van der Waals surface area contributed by atoms with E-state index in [0.29, 0.717) is 0 Å². The van der Waals surface area contributed by atoms with E-state index in [2.05, 4.69) is 59.3 Å². The van der Waals surface area contributed by atoms with Crippen molar-refractivity contribution in [1.82, 2.24) is 9.88 Å². The van der Waals surface area contributed by atoms with Gasteiger partial charge < -0.3 is 20.4 Å². The Labute approximate surface area is 198 Å². The highest BCUT2D eigenvalue weighted by Crippen LogP contribution is 2.22. The van der Waals surface area contributed by atoms with Crippen molar-refractivity contribution in [3.05, 3.63) is 71.6 Å². The maximum atomic E-state index is 10.3. The summed E-state index contributed by atoms with van der Waals surface area (Å²) in [5, 5.41) is 33.8. The molecule has 9 nitrogen and oxygen atoms in total. The lowest BCUT2D eigenvalue weighted by Crippen LogP contribution is -2.42. The van der Waals surface area contributed by atoms with Gasteiger partial charge in [-0.2, -0.15) is 0 Å². The van der Waals surface area contributed by atoms with Crippen LogP contribution in [0.4, 0.5) is 0 Å². The molecule has 4 N–H and O–H groups in total. The molecule has 0 spiro atoms. The number of aryl methyl sites for hydroxylation is 1. The largest absolute Gasteiger partial charge is 0.481 e. The molecule has 182 valence electrons. The van der Waals surface area contributed by atoms with Crippen LogP contribution in [0.3, 0.4) is 0 Å². The van der Waals surface area contributed by atoms with Gasteiger partial charge in [-0.1, -0.05) is 42.0 Å². The second-order valence-electron chi connectivity index (χ2n) is 8.18. The number of aliphatic carboxylic acids is 3. The fourth-order valence-electron chi connectivity index (χ4n) is 3.53. The van der Waals surface area contributed by atoms with Gasteiger partial charge in [0.25, 0.3) is 0 Å².